The summed E-state index contributed by atoms with van der Waals surface area (Å²) >= 11 is 0. The number of nitrogens with zero attached hydrogens (tertiary/aromatic N) is 3. The van der Waals surface area contributed by atoms with Gasteiger partial charge in [-0.15, -0.1) is 0 Å². The van der Waals surface area contributed by atoms with Crippen molar-refractivity contribution in [3.05, 3.63) is 64.7 Å². The number of hydrogen-bond acceptors (Lipinski definition) is 4. The van der Waals surface area contributed by atoms with Crippen LogP contribution < -0.4 is 9.62 Å². The van der Waals surface area contributed by atoms with Gasteiger partial charge in [0.25, 0.3) is 0 Å². The fourth-order valence-corrected chi connectivity index (χ4v) is 4.81. The third-order valence-electron chi connectivity index (χ3n) is 6.12. The molecule has 0 aliphatic carbocycles. The first kappa shape index (κ1) is 29.3. The van der Waals surface area contributed by atoms with Crippen LogP contribution in [0.1, 0.15) is 48.9 Å². The van der Waals surface area contributed by atoms with Crippen LogP contribution in [-0.2, 0) is 26.3 Å². The normalized spacial score (nSPS) is 12.3. The number of aryl methyl sites for hydroxylation is 3. The first-order valence-electron chi connectivity index (χ1n) is 12.3. The third-order valence-corrected chi connectivity index (χ3v) is 7.93. The lowest BCUT2D eigenvalue weighted by Gasteiger charge is -2.33. The second-order valence-corrected chi connectivity index (χ2v) is 11.5. The summed E-state index contributed by atoms with van der Waals surface area (Å²) in [6.07, 6.45) is 1.78. The molecule has 2 amide bonds. The fraction of sp³-hybridized carbons (Fsp3) is 0.481. The standard InChI is InChI=1S/C27H40N4O4S/c1-8-9-16-28-27(33)23(5)30(18-24-14-11-20(2)12-15-24)26(32)19-31(36(34,35)29(6)7)25-17-21(3)10-13-22(25)4/h10-15,17,23H,8-9,16,18-19H2,1-7H3,(H,28,33)/t23-/m1/s1. The molecular weight excluding hydrogens is 476 g/mol. The van der Waals surface area contributed by atoms with Crippen molar-refractivity contribution in [2.75, 3.05) is 31.5 Å². The van der Waals surface area contributed by atoms with Crippen molar-refractivity contribution in [2.24, 2.45) is 0 Å². The SMILES string of the molecule is CCCCNC(=O)[C@@H](C)N(Cc1ccc(C)cc1)C(=O)CN(c1cc(C)ccc1C)S(=O)(=O)N(C)C. The Kier molecular flexibility index (Phi) is 10.5. The Morgan fingerprint density at radius 2 is 1.58 bits per heavy atom. The smallest absolute Gasteiger partial charge is 0.304 e. The molecule has 9 heteroatoms. The van der Waals surface area contributed by atoms with Crippen molar-refractivity contribution in [1.29, 1.82) is 0 Å². The van der Waals surface area contributed by atoms with Gasteiger partial charge in [-0.3, -0.25) is 9.59 Å². The lowest BCUT2D eigenvalue weighted by molar-refractivity contribution is -0.139. The zero-order valence-electron chi connectivity index (χ0n) is 22.5. The number of carbonyl (C=O) groups is 2. The molecule has 2 aromatic rings. The molecule has 0 unspecified atom stereocenters. The molecule has 0 aromatic heterocycles. The van der Waals surface area contributed by atoms with Crippen molar-refractivity contribution < 1.29 is 18.0 Å². The second kappa shape index (κ2) is 12.9. The first-order chi connectivity index (χ1) is 16.9. The van der Waals surface area contributed by atoms with Crippen LogP contribution >= 0.6 is 0 Å². The highest BCUT2D eigenvalue weighted by Gasteiger charge is 2.33. The van der Waals surface area contributed by atoms with E-state index in [9.17, 15) is 18.0 Å². The van der Waals surface area contributed by atoms with Crippen molar-refractivity contribution in [3.8, 4) is 0 Å². The minimum Gasteiger partial charge on any atom is -0.354 e. The highest BCUT2D eigenvalue weighted by atomic mass is 32.2. The fourth-order valence-electron chi connectivity index (χ4n) is 3.70. The number of hydrogen-bond donors (Lipinski definition) is 1. The van der Waals surface area contributed by atoms with Crippen LogP contribution in [0.25, 0.3) is 0 Å². The topological polar surface area (TPSA) is 90.0 Å². The largest absolute Gasteiger partial charge is 0.354 e. The average molecular weight is 517 g/mol. The third kappa shape index (κ3) is 7.54. The highest BCUT2D eigenvalue weighted by molar-refractivity contribution is 7.90. The lowest BCUT2D eigenvalue weighted by Crippen LogP contribution is -2.52. The van der Waals surface area contributed by atoms with Crippen LogP contribution in [0, 0.1) is 20.8 Å². The summed E-state index contributed by atoms with van der Waals surface area (Å²) in [7, 11) is -1.11. The van der Waals surface area contributed by atoms with Crippen LogP contribution in [0.3, 0.4) is 0 Å². The van der Waals surface area contributed by atoms with E-state index in [-0.39, 0.29) is 12.5 Å². The lowest BCUT2D eigenvalue weighted by atomic mass is 10.1. The van der Waals surface area contributed by atoms with E-state index in [1.165, 1.54) is 19.0 Å². The maximum Gasteiger partial charge on any atom is 0.304 e. The number of amides is 2. The molecule has 0 saturated heterocycles. The van der Waals surface area contributed by atoms with E-state index in [0.29, 0.717) is 12.2 Å². The van der Waals surface area contributed by atoms with Gasteiger partial charge in [0.05, 0.1) is 5.69 Å². The van der Waals surface area contributed by atoms with Gasteiger partial charge < -0.3 is 10.2 Å². The van der Waals surface area contributed by atoms with Gasteiger partial charge in [-0.05, 0) is 56.9 Å². The molecule has 0 heterocycles. The predicted molar refractivity (Wildman–Crippen MR) is 145 cm³/mol. The van der Waals surface area contributed by atoms with Gasteiger partial charge in [-0.1, -0.05) is 55.3 Å². The van der Waals surface area contributed by atoms with Crippen LogP contribution in [0.4, 0.5) is 5.69 Å². The van der Waals surface area contributed by atoms with Gasteiger partial charge in [-0.2, -0.15) is 12.7 Å². The van der Waals surface area contributed by atoms with Crippen molar-refractivity contribution >= 4 is 27.7 Å². The van der Waals surface area contributed by atoms with E-state index in [1.54, 1.807) is 13.0 Å². The van der Waals surface area contributed by atoms with E-state index in [4.69, 9.17) is 0 Å². The molecule has 0 radical (unpaired) electrons. The monoisotopic (exact) mass is 516 g/mol. The summed E-state index contributed by atoms with van der Waals surface area (Å²) in [5.74, 6) is -0.724. The summed E-state index contributed by atoms with van der Waals surface area (Å²) in [5.41, 5.74) is 3.99. The Balaban J connectivity index is 2.46. The number of anilines is 1. The minimum absolute atomic E-state index is 0.185. The molecule has 0 spiro atoms. The average Bonchev–Trinajstić information content (AvgIpc) is 2.83. The molecular formula is C27H40N4O4S. The van der Waals surface area contributed by atoms with Crippen LogP contribution in [0.5, 0.6) is 0 Å². The Morgan fingerprint density at radius 1 is 0.972 bits per heavy atom. The Bertz CT molecular complexity index is 1150. The number of rotatable bonds is 12. The van der Waals surface area contributed by atoms with E-state index in [1.807, 2.05) is 64.1 Å². The van der Waals surface area contributed by atoms with Crippen molar-refractivity contribution in [1.82, 2.24) is 14.5 Å². The summed E-state index contributed by atoms with van der Waals surface area (Å²) in [4.78, 5) is 28.1. The molecule has 2 rings (SSSR count). The predicted octanol–water partition coefficient (Wildman–Crippen LogP) is 3.56. The quantitative estimate of drug-likeness (QED) is 0.437. The second-order valence-electron chi connectivity index (χ2n) is 9.41. The van der Waals surface area contributed by atoms with E-state index in [2.05, 4.69) is 5.32 Å². The first-order valence-corrected chi connectivity index (χ1v) is 13.7. The van der Waals surface area contributed by atoms with E-state index in [0.717, 1.165) is 43.7 Å². The van der Waals surface area contributed by atoms with Gasteiger partial charge in [0.1, 0.15) is 12.6 Å². The van der Waals surface area contributed by atoms with Gasteiger partial charge in [0, 0.05) is 27.2 Å². The van der Waals surface area contributed by atoms with Gasteiger partial charge >= 0.3 is 10.2 Å². The maximum atomic E-state index is 13.8. The molecule has 2 aromatic carbocycles. The molecule has 198 valence electrons. The summed E-state index contributed by atoms with van der Waals surface area (Å²) in [6, 6.07) is 12.4. The molecule has 0 aliphatic rings. The molecule has 1 N–H and O–H groups in total. The molecule has 36 heavy (non-hydrogen) atoms. The van der Waals surface area contributed by atoms with Gasteiger partial charge in [0.15, 0.2) is 0 Å². The van der Waals surface area contributed by atoms with E-state index >= 15 is 0 Å². The summed E-state index contributed by atoms with van der Waals surface area (Å²) < 4.78 is 28.9. The summed E-state index contributed by atoms with van der Waals surface area (Å²) in [5, 5.41) is 2.89. The molecule has 8 nitrogen and oxygen atoms in total. The Morgan fingerprint density at radius 3 is 2.17 bits per heavy atom. The Labute approximate surface area is 216 Å². The maximum absolute atomic E-state index is 13.8. The highest BCUT2D eigenvalue weighted by Crippen LogP contribution is 2.26. The zero-order valence-corrected chi connectivity index (χ0v) is 23.4. The van der Waals surface area contributed by atoms with Crippen LogP contribution in [0.15, 0.2) is 42.5 Å². The molecule has 0 bridgehead atoms. The molecule has 0 fully saturated rings. The summed E-state index contributed by atoms with van der Waals surface area (Å²) in [6.45, 7) is 9.66. The number of unbranched alkanes of at least 4 members (excludes halogenated alkanes) is 1. The zero-order chi connectivity index (χ0) is 27.0. The van der Waals surface area contributed by atoms with Crippen LogP contribution in [0.2, 0.25) is 0 Å². The Hall–Kier alpha value is -2.91. The van der Waals surface area contributed by atoms with Gasteiger partial charge in [-0.25, -0.2) is 4.31 Å². The molecule has 1 atom stereocenters. The molecule has 0 aliphatic heterocycles. The number of carbonyl (C=O) groups excluding carboxylic acids is 2. The van der Waals surface area contributed by atoms with Crippen molar-refractivity contribution in [2.45, 2.75) is 60.0 Å². The minimum atomic E-state index is -3.98. The van der Waals surface area contributed by atoms with Gasteiger partial charge in [0.2, 0.25) is 11.8 Å². The van der Waals surface area contributed by atoms with E-state index < -0.39 is 28.7 Å². The molecule has 0 saturated carbocycles. The number of nitrogens with one attached hydrogen (secondary N) is 1. The van der Waals surface area contributed by atoms with Crippen molar-refractivity contribution in [3.63, 3.8) is 0 Å². The number of benzene rings is 2. The van der Waals surface area contributed by atoms with Crippen LogP contribution in [-0.4, -0.2) is 62.7 Å².